The predicted molar refractivity (Wildman–Crippen MR) is 58.1 cm³/mol. The molecule has 66 valence electrons. The summed E-state index contributed by atoms with van der Waals surface area (Å²) < 4.78 is 0. The van der Waals surface area contributed by atoms with Crippen molar-refractivity contribution in [3.05, 3.63) is 29.8 Å². The zero-order valence-corrected chi connectivity index (χ0v) is 9.06. The van der Waals surface area contributed by atoms with Crippen molar-refractivity contribution in [3.8, 4) is 0 Å². The molecule has 0 heterocycles. The van der Waals surface area contributed by atoms with E-state index in [-0.39, 0.29) is 0 Å². The molecule has 0 spiro atoms. The molecule has 0 bridgehead atoms. The number of alkyl halides is 1. The summed E-state index contributed by atoms with van der Waals surface area (Å²) in [5, 5.41) is 3.10. The molecule has 1 atom stereocenters. The molecule has 0 aliphatic rings. The SMILES string of the molecule is CNc1ccc(C[C@H](C)Br)cc1. The van der Waals surface area contributed by atoms with Crippen molar-refractivity contribution in [2.45, 2.75) is 18.2 Å². The highest BCUT2D eigenvalue weighted by Gasteiger charge is 1.97. The maximum Gasteiger partial charge on any atom is 0.0337 e. The first kappa shape index (κ1) is 9.59. The monoisotopic (exact) mass is 227 g/mol. The van der Waals surface area contributed by atoms with Crippen LogP contribution in [0, 0.1) is 0 Å². The zero-order valence-electron chi connectivity index (χ0n) is 7.47. The molecule has 0 aliphatic heterocycles. The summed E-state index contributed by atoms with van der Waals surface area (Å²) in [5.41, 5.74) is 2.54. The van der Waals surface area contributed by atoms with Crippen molar-refractivity contribution in [1.29, 1.82) is 0 Å². The van der Waals surface area contributed by atoms with E-state index in [4.69, 9.17) is 0 Å². The van der Waals surface area contributed by atoms with Crippen LogP contribution < -0.4 is 5.32 Å². The number of rotatable bonds is 3. The molecule has 2 heteroatoms. The van der Waals surface area contributed by atoms with Crippen LogP contribution in [0.1, 0.15) is 12.5 Å². The second kappa shape index (κ2) is 4.51. The van der Waals surface area contributed by atoms with Crippen molar-refractivity contribution in [2.24, 2.45) is 0 Å². The Balaban J connectivity index is 2.65. The summed E-state index contributed by atoms with van der Waals surface area (Å²) in [7, 11) is 1.93. The molecule has 0 amide bonds. The van der Waals surface area contributed by atoms with Gasteiger partial charge in [0.1, 0.15) is 0 Å². The van der Waals surface area contributed by atoms with Gasteiger partial charge in [0.05, 0.1) is 0 Å². The molecule has 0 saturated carbocycles. The lowest BCUT2D eigenvalue weighted by Gasteiger charge is -2.04. The lowest BCUT2D eigenvalue weighted by atomic mass is 10.1. The van der Waals surface area contributed by atoms with Crippen molar-refractivity contribution >= 4 is 21.6 Å². The van der Waals surface area contributed by atoms with E-state index in [0.29, 0.717) is 4.83 Å². The minimum atomic E-state index is 0.554. The standard InChI is InChI=1S/C10H14BrN/c1-8(11)7-9-3-5-10(12-2)6-4-9/h3-6,8,12H,7H2,1-2H3/t8-/m0/s1. The van der Waals surface area contributed by atoms with Crippen molar-refractivity contribution in [2.75, 3.05) is 12.4 Å². The Bertz CT molecular complexity index is 228. The van der Waals surface area contributed by atoms with E-state index >= 15 is 0 Å². The number of benzene rings is 1. The Morgan fingerprint density at radius 2 is 1.92 bits per heavy atom. The van der Waals surface area contributed by atoms with Gasteiger partial charge in [-0.05, 0) is 24.1 Å². The summed E-state index contributed by atoms with van der Waals surface area (Å²) in [6, 6.07) is 8.52. The molecule has 0 fully saturated rings. The first-order valence-electron chi connectivity index (χ1n) is 4.13. The van der Waals surface area contributed by atoms with Gasteiger partial charge in [-0.15, -0.1) is 0 Å². The highest BCUT2D eigenvalue weighted by Crippen LogP contribution is 2.12. The molecule has 1 nitrogen and oxygen atoms in total. The van der Waals surface area contributed by atoms with Crippen molar-refractivity contribution in [3.63, 3.8) is 0 Å². The normalized spacial score (nSPS) is 12.6. The Labute approximate surface area is 82.3 Å². The Hall–Kier alpha value is -0.500. The van der Waals surface area contributed by atoms with E-state index in [1.54, 1.807) is 0 Å². The van der Waals surface area contributed by atoms with Crippen molar-refractivity contribution < 1.29 is 0 Å². The molecule has 0 saturated heterocycles. The predicted octanol–water partition coefficient (Wildman–Crippen LogP) is 3.05. The summed E-state index contributed by atoms with van der Waals surface area (Å²) in [6.45, 7) is 2.16. The Morgan fingerprint density at radius 3 is 2.33 bits per heavy atom. The van der Waals surface area contributed by atoms with E-state index in [9.17, 15) is 0 Å². The van der Waals surface area contributed by atoms with Crippen LogP contribution in [0.15, 0.2) is 24.3 Å². The fourth-order valence-electron chi connectivity index (χ4n) is 1.13. The Kier molecular flexibility index (Phi) is 3.60. The van der Waals surface area contributed by atoms with Gasteiger partial charge in [-0.3, -0.25) is 0 Å². The number of anilines is 1. The molecule has 1 rings (SSSR count). The summed E-state index contributed by atoms with van der Waals surface area (Å²) in [5.74, 6) is 0. The first-order chi connectivity index (χ1) is 5.72. The number of hydrogen-bond acceptors (Lipinski definition) is 1. The van der Waals surface area contributed by atoms with Crippen LogP contribution in [-0.4, -0.2) is 11.9 Å². The molecule has 0 aromatic heterocycles. The Morgan fingerprint density at radius 1 is 1.33 bits per heavy atom. The van der Waals surface area contributed by atoms with E-state index in [0.717, 1.165) is 6.42 Å². The highest BCUT2D eigenvalue weighted by atomic mass is 79.9. The van der Waals surface area contributed by atoms with Gasteiger partial charge >= 0.3 is 0 Å². The minimum absolute atomic E-state index is 0.554. The average molecular weight is 228 g/mol. The van der Waals surface area contributed by atoms with Crippen LogP contribution >= 0.6 is 15.9 Å². The molecule has 0 radical (unpaired) electrons. The summed E-state index contributed by atoms with van der Waals surface area (Å²) in [6.07, 6.45) is 1.09. The van der Waals surface area contributed by atoms with Gasteiger partial charge < -0.3 is 5.32 Å². The number of hydrogen-bond donors (Lipinski definition) is 1. The second-order valence-corrected chi connectivity index (χ2v) is 4.49. The summed E-state index contributed by atoms with van der Waals surface area (Å²) >= 11 is 3.53. The van der Waals surface area contributed by atoms with Gasteiger partial charge in [0, 0.05) is 17.6 Å². The number of nitrogens with one attached hydrogen (secondary N) is 1. The van der Waals surface area contributed by atoms with Gasteiger partial charge in [-0.2, -0.15) is 0 Å². The van der Waals surface area contributed by atoms with Gasteiger partial charge in [0.15, 0.2) is 0 Å². The molecule has 1 aromatic rings. The third-order valence-corrected chi connectivity index (χ3v) is 2.08. The van der Waals surface area contributed by atoms with Crippen LogP contribution in [0.5, 0.6) is 0 Å². The first-order valence-corrected chi connectivity index (χ1v) is 5.04. The van der Waals surface area contributed by atoms with Crippen LogP contribution in [0.3, 0.4) is 0 Å². The maximum atomic E-state index is 3.53. The largest absolute Gasteiger partial charge is 0.388 e. The van der Waals surface area contributed by atoms with E-state index in [2.05, 4.69) is 52.4 Å². The van der Waals surface area contributed by atoms with Gasteiger partial charge in [0.25, 0.3) is 0 Å². The van der Waals surface area contributed by atoms with Crippen LogP contribution in [0.25, 0.3) is 0 Å². The topological polar surface area (TPSA) is 12.0 Å². The molecular weight excluding hydrogens is 214 g/mol. The summed E-state index contributed by atoms with van der Waals surface area (Å²) in [4.78, 5) is 0.554. The van der Waals surface area contributed by atoms with Gasteiger partial charge in [-0.1, -0.05) is 35.0 Å². The average Bonchev–Trinajstić information content (AvgIpc) is 2.05. The van der Waals surface area contributed by atoms with E-state index in [1.807, 2.05) is 7.05 Å². The van der Waals surface area contributed by atoms with Crippen LogP contribution in [0.2, 0.25) is 0 Å². The lowest BCUT2D eigenvalue weighted by molar-refractivity contribution is 0.960. The fourth-order valence-corrected chi connectivity index (χ4v) is 1.51. The third kappa shape index (κ3) is 2.86. The fraction of sp³-hybridized carbons (Fsp3) is 0.400. The molecular formula is C10H14BrN. The molecule has 1 aromatic carbocycles. The molecule has 0 aliphatic carbocycles. The molecule has 0 unspecified atom stereocenters. The minimum Gasteiger partial charge on any atom is -0.388 e. The zero-order chi connectivity index (χ0) is 8.97. The van der Waals surface area contributed by atoms with Gasteiger partial charge in [0.2, 0.25) is 0 Å². The third-order valence-electron chi connectivity index (χ3n) is 1.76. The van der Waals surface area contributed by atoms with Crippen molar-refractivity contribution in [1.82, 2.24) is 0 Å². The molecule has 12 heavy (non-hydrogen) atoms. The van der Waals surface area contributed by atoms with Crippen LogP contribution in [0.4, 0.5) is 5.69 Å². The van der Waals surface area contributed by atoms with E-state index in [1.165, 1.54) is 11.3 Å². The number of halogens is 1. The van der Waals surface area contributed by atoms with Gasteiger partial charge in [-0.25, -0.2) is 0 Å². The second-order valence-electron chi connectivity index (χ2n) is 2.93. The van der Waals surface area contributed by atoms with E-state index < -0.39 is 0 Å². The maximum absolute atomic E-state index is 3.53. The van der Waals surface area contributed by atoms with Crippen LogP contribution in [-0.2, 0) is 6.42 Å². The quantitative estimate of drug-likeness (QED) is 0.784. The highest BCUT2D eigenvalue weighted by molar-refractivity contribution is 9.09. The molecule has 1 N–H and O–H groups in total. The smallest absolute Gasteiger partial charge is 0.0337 e. The lowest BCUT2D eigenvalue weighted by Crippen LogP contribution is -1.96.